The summed E-state index contributed by atoms with van der Waals surface area (Å²) in [4.78, 5) is 6.80. The molecular formula is C16H21BrClN3. The van der Waals surface area contributed by atoms with Crippen molar-refractivity contribution in [1.82, 2.24) is 0 Å². The van der Waals surface area contributed by atoms with Crippen molar-refractivity contribution in [2.24, 2.45) is 22.6 Å². The molecule has 5 heteroatoms. The van der Waals surface area contributed by atoms with Crippen molar-refractivity contribution in [3.63, 3.8) is 0 Å². The molecule has 1 saturated carbocycles. The molecular weight excluding hydrogens is 350 g/mol. The molecule has 0 radical (unpaired) electrons. The van der Waals surface area contributed by atoms with Crippen LogP contribution in [0.3, 0.4) is 0 Å². The number of hydrogen-bond donors (Lipinski definition) is 1. The number of nitrogens with two attached hydrogens (primary N) is 1. The van der Waals surface area contributed by atoms with Crippen LogP contribution in [0.15, 0.2) is 27.7 Å². The average molecular weight is 371 g/mol. The third-order valence-electron chi connectivity index (χ3n) is 4.66. The molecule has 1 aliphatic heterocycles. The van der Waals surface area contributed by atoms with Crippen LogP contribution in [0.25, 0.3) is 0 Å². The molecule has 1 spiro atoms. The summed E-state index contributed by atoms with van der Waals surface area (Å²) in [5.41, 5.74) is 7.33. The minimum Gasteiger partial charge on any atom is -0.369 e. The van der Waals surface area contributed by atoms with E-state index in [1.807, 2.05) is 18.2 Å². The molecule has 21 heavy (non-hydrogen) atoms. The van der Waals surface area contributed by atoms with E-state index in [-0.39, 0.29) is 5.54 Å². The predicted molar refractivity (Wildman–Crippen MR) is 93.0 cm³/mol. The van der Waals surface area contributed by atoms with Gasteiger partial charge in [-0.25, -0.2) is 0 Å². The summed E-state index contributed by atoms with van der Waals surface area (Å²) in [5.74, 6) is 2.03. The lowest BCUT2D eigenvalue weighted by Gasteiger charge is -2.46. The quantitative estimate of drug-likeness (QED) is 0.794. The van der Waals surface area contributed by atoms with Crippen LogP contribution < -0.4 is 10.6 Å². The number of hydrogen-bond acceptors (Lipinski definition) is 3. The second-order valence-electron chi connectivity index (χ2n) is 6.69. The maximum absolute atomic E-state index is 6.22. The lowest BCUT2D eigenvalue weighted by molar-refractivity contribution is 0.197. The highest BCUT2D eigenvalue weighted by atomic mass is 79.9. The van der Waals surface area contributed by atoms with Gasteiger partial charge < -0.3 is 10.6 Å². The van der Waals surface area contributed by atoms with Crippen molar-refractivity contribution in [3.05, 3.63) is 27.7 Å². The molecule has 1 aromatic rings. The molecule has 1 aromatic carbocycles. The molecule has 2 atom stereocenters. The molecule has 1 fully saturated rings. The first-order valence-electron chi connectivity index (χ1n) is 7.46. The Bertz CT molecular complexity index is 577. The van der Waals surface area contributed by atoms with Crippen LogP contribution in [-0.4, -0.2) is 18.0 Å². The van der Waals surface area contributed by atoms with E-state index in [9.17, 15) is 0 Å². The van der Waals surface area contributed by atoms with E-state index in [1.165, 1.54) is 6.42 Å². The zero-order chi connectivity index (χ0) is 15.2. The summed E-state index contributed by atoms with van der Waals surface area (Å²) >= 11 is 9.63. The standard InChI is InChI=1S/C16H21BrClN3/c1-10-5-11(2)8-16(7-10)9-20-15(19)21(16)12-3-4-14(18)13(17)6-12/h3-4,6,10-11H,5,7-9H2,1-2H3,(H2,19,20). The minimum atomic E-state index is 0.0361. The summed E-state index contributed by atoms with van der Waals surface area (Å²) in [6.07, 6.45) is 3.57. The second kappa shape index (κ2) is 5.47. The molecule has 1 aliphatic carbocycles. The maximum Gasteiger partial charge on any atom is 0.196 e. The first kappa shape index (κ1) is 15.2. The van der Waals surface area contributed by atoms with E-state index in [1.54, 1.807) is 0 Å². The SMILES string of the molecule is CC1CC(C)CC2(CN=C(N)N2c2ccc(Cl)c(Br)c2)C1. The van der Waals surface area contributed by atoms with Gasteiger partial charge in [0.05, 0.1) is 17.1 Å². The molecule has 0 amide bonds. The topological polar surface area (TPSA) is 41.6 Å². The van der Waals surface area contributed by atoms with E-state index < -0.39 is 0 Å². The van der Waals surface area contributed by atoms with Crippen molar-refractivity contribution in [2.45, 2.75) is 38.6 Å². The summed E-state index contributed by atoms with van der Waals surface area (Å²) in [7, 11) is 0. The van der Waals surface area contributed by atoms with Crippen LogP contribution in [0, 0.1) is 11.8 Å². The first-order chi connectivity index (χ1) is 9.91. The number of rotatable bonds is 1. The Balaban J connectivity index is 2.00. The average Bonchev–Trinajstić information content (AvgIpc) is 2.68. The fourth-order valence-corrected chi connectivity index (χ4v) is 4.67. The Kier molecular flexibility index (Phi) is 3.95. The van der Waals surface area contributed by atoms with Gasteiger partial charge in [-0.15, -0.1) is 0 Å². The van der Waals surface area contributed by atoms with E-state index in [0.29, 0.717) is 22.8 Å². The van der Waals surface area contributed by atoms with E-state index >= 15 is 0 Å². The van der Waals surface area contributed by atoms with Gasteiger partial charge in [-0.1, -0.05) is 25.4 Å². The van der Waals surface area contributed by atoms with Crippen LogP contribution in [0.5, 0.6) is 0 Å². The molecule has 2 N–H and O–H groups in total. The van der Waals surface area contributed by atoms with Gasteiger partial charge in [-0.3, -0.25) is 4.99 Å². The summed E-state index contributed by atoms with van der Waals surface area (Å²) in [6, 6.07) is 5.99. The van der Waals surface area contributed by atoms with Crippen molar-refractivity contribution < 1.29 is 0 Å². The molecule has 0 saturated heterocycles. The van der Waals surface area contributed by atoms with Crippen LogP contribution in [0.2, 0.25) is 5.02 Å². The first-order valence-corrected chi connectivity index (χ1v) is 8.63. The van der Waals surface area contributed by atoms with Gasteiger partial charge in [0.2, 0.25) is 0 Å². The molecule has 2 unspecified atom stereocenters. The number of benzene rings is 1. The number of aliphatic imine (C=N–C) groups is 1. The summed E-state index contributed by atoms with van der Waals surface area (Å²) in [5, 5.41) is 0.716. The van der Waals surface area contributed by atoms with Crippen LogP contribution in [0.1, 0.15) is 33.1 Å². The third kappa shape index (κ3) is 2.68. The predicted octanol–water partition coefficient (Wildman–Crippen LogP) is 4.43. The molecule has 3 rings (SSSR count). The van der Waals surface area contributed by atoms with Gasteiger partial charge in [-0.05, 0) is 65.2 Å². The zero-order valence-corrected chi connectivity index (χ0v) is 14.8. The Morgan fingerprint density at radius 3 is 2.62 bits per heavy atom. The second-order valence-corrected chi connectivity index (χ2v) is 7.95. The third-order valence-corrected chi connectivity index (χ3v) is 5.88. The normalized spacial score (nSPS) is 32.6. The van der Waals surface area contributed by atoms with Crippen LogP contribution in [0.4, 0.5) is 5.69 Å². The van der Waals surface area contributed by atoms with Gasteiger partial charge in [0.25, 0.3) is 0 Å². The number of halogens is 2. The largest absolute Gasteiger partial charge is 0.369 e. The molecule has 0 bridgehead atoms. The van der Waals surface area contributed by atoms with E-state index in [0.717, 1.165) is 29.5 Å². The number of nitrogens with zero attached hydrogens (tertiary/aromatic N) is 2. The Hall–Kier alpha value is -0.740. The van der Waals surface area contributed by atoms with Gasteiger partial charge in [0.15, 0.2) is 5.96 Å². The highest BCUT2D eigenvalue weighted by molar-refractivity contribution is 9.10. The highest BCUT2D eigenvalue weighted by Gasteiger charge is 2.47. The molecule has 2 aliphatic rings. The zero-order valence-electron chi connectivity index (χ0n) is 12.4. The maximum atomic E-state index is 6.22. The number of guanidine groups is 1. The monoisotopic (exact) mass is 369 g/mol. The number of anilines is 1. The van der Waals surface area contributed by atoms with E-state index in [4.69, 9.17) is 17.3 Å². The fraction of sp³-hybridized carbons (Fsp3) is 0.562. The van der Waals surface area contributed by atoms with Crippen molar-refractivity contribution >= 4 is 39.2 Å². The van der Waals surface area contributed by atoms with E-state index in [2.05, 4.69) is 39.7 Å². The van der Waals surface area contributed by atoms with Crippen molar-refractivity contribution in [2.75, 3.05) is 11.4 Å². The Labute approximate surface area is 139 Å². The molecule has 114 valence electrons. The Morgan fingerprint density at radius 2 is 2.00 bits per heavy atom. The Morgan fingerprint density at radius 1 is 1.33 bits per heavy atom. The van der Waals surface area contributed by atoms with Gasteiger partial charge in [-0.2, -0.15) is 0 Å². The van der Waals surface area contributed by atoms with Gasteiger partial charge in [0.1, 0.15) is 0 Å². The van der Waals surface area contributed by atoms with Crippen molar-refractivity contribution in [3.8, 4) is 0 Å². The molecule has 1 heterocycles. The van der Waals surface area contributed by atoms with Gasteiger partial charge >= 0.3 is 0 Å². The smallest absolute Gasteiger partial charge is 0.196 e. The summed E-state index contributed by atoms with van der Waals surface area (Å²) in [6.45, 7) is 5.47. The minimum absolute atomic E-state index is 0.0361. The van der Waals surface area contributed by atoms with Gasteiger partial charge in [0, 0.05) is 10.2 Å². The lowest BCUT2D eigenvalue weighted by Crippen LogP contribution is -2.55. The lowest BCUT2D eigenvalue weighted by atomic mass is 9.71. The molecule has 0 aromatic heterocycles. The molecule has 3 nitrogen and oxygen atoms in total. The van der Waals surface area contributed by atoms with Crippen LogP contribution in [-0.2, 0) is 0 Å². The van der Waals surface area contributed by atoms with Crippen molar-refractivity contribution in [1.29, 1.82) is 0 Å². The van der Waals surface area contributed by atoms with Crippen LogP contribution >= 0.6 is 27.5 Å². The highest BCUT2D eigenvalue weighted by Crippen LogP contribution is 2.44. The summed E-state index contributed by atoms with van der Waals surface area (Å²) < 4.78 is 0.897. The fourth-order valence-electron chi connectivity index (χ4n) is 4.19.